The maximum Gasteiger partial charge on any atom is 0.168 e. The van der Waals surface area contributed by atoms with E-state index in [1.165, 1.54) is 25.0 Å². The highest BCUT2D eigenvalue weighted by molar-refractivity contribution is 7.99. The van der Waals surface area contributed by atoms with Gasteiger partial charge in [0.15, 0.2) is 6.29 Å². The van der Waals surface area contributed by atoms with E-state index in [1.807, 2.05) is 24.9 Å². The molecule has 1 aliphatic heterocycles. The van der Waals surface area contributed by atoms with Gasteiger partial charge in [-0.05, 0) is 24.7 Å². The molecule has 1 fully saturated rings. The molecule has 0 aromatic carbocycles. The van der Waals surface area contributed by atoms with Crippen LogP contribution in [0, 0.1) is 0 Å². The zero-order chi connectivity index (χ0) is 10.7. The van der Waals surface area contributed by atoms with Gasteiger partial charge in [-0.15, -0.1) is 0 Å². The van der Waals surface area contributed by atoms with Crippen molar-refractivity contribution in [1.82, 2.24) is 9.78 Å². The first-order chi connectivity index (χ1) is 7.29. The SMILES string of the molecule is Cn1nc(CC2CCCCS2)cc1C=O. The van der Waals surface area contributed by atoms with E-state index >= 15 is 0 Å². The lowest BCUT2D eigenvalue weighted by Crippen LogP contribution is -2.12. The standard InChI is InChI=1S/C11H16N2OS/c1-13-10(8-14)6-9(12-13)7-11-4-2-3-5-15-11/h6,8,11H,2-5,7H2,1H3. The summed E-state index contributed by atoms with van der Waals surface area (Å²) in [6, 6.07) is 1.90. The van der Waals surface area contributed by atoms with Gasteiger partial charge in [0.1, 0.15) is 5.69 Å². The van der Waals surface area contributed by atoms with Crippen LogP contribution in [0.1, 0.15) is 35.4 Å². The zero-order valence-corrected chi connectivity index (χ0v) is 9.80. The number of aromatic nitrogens is 2. The van der Waals surface area contributed by atoms with E-state index in [0.29, 0.717) is 10.9 Å². The van der Waals surface area contributed by atoms with Crippen LogP contribution in [0.3, 0.4) is 0 Å². The molecule has 1 aromatic rings. The Bertz CT molecular complexity index is 342. The highest BCUT2D eigenvalue weighted by Gasteiger charge is 2.16. The van der Waals surface area contributed by atoms with Crippen LogP contribution in [-0.2, 0) is 13.5 Å². The molecule has 0 spiro atoms. The summed E-state index contributed by atoms with van der Waals surface area (Å²) < 4.78 is 1.66. The molecule has 82 valence electrons. The predicted octanol–water partition coefficient (Wildman–Crippen LogP) is 2.06. The maximum absolute atomic E-state index is 10.7. The zero-order valence-electron chi connectivity index (χ0n) is 8.98. The Labute approximate surface area is 94.2 Å². The van der Waals surface area contributed by atoms with Crippen molar-refractivity contribution in [1.29, 1.82) is 0 Å². The Morgan fingerprint density at radius 2 is 2.53 bits per heavy atom. The Morgan fingerprint density at radius 1 is 1.67 bits per heavy atom. The average molecular weight is 224 g/mol. The molecule has 1 atom stereocenters. The van der Waals surface area contributed by atoms with Crippen LogP contribution in [-0.4, -0.2) is 27.1 Å². The van der Waals surface area contributed by atoms with E-state index in [-0.39, 0.29) is 0 Å². The normalized spacial score (nSPS) is 21.5. The Morgan fingerprint density at radius 3 is 3.13 bits per heavy atom. The number of hydrogen-bond donors (Lipinski definition) is 0. The second-order valence-electron chi connectivity index (χ2n) is 3.99. The number of carbonyl (C=O) groups excluding carboxylic acids is 1. The summed E-state index contributed by atoms with van der Waals surface area (Å²) in [5.74, 6) is 1.28. The molecular weight excluding hydrogens is 208 g/mol. The van der Waals surface area contributed by atoms with Crippen molar-refractivity contribution >= 4 is 18.0 Å². The Balaban J connectivity index is 2.00. The van der Waals surface area contributed by atoms with Crippen LogP contribution in [0.25, 0.3) is 0 Å². The fraction of sp³-hybridized carbons (Fsp3) is 0.636. The minimum atomic E-state index is 0.672. The van der Waals surface area contributed by atoms with Gasteiger partial charge in [0.05, 0.1) is 5.69 Å². The molecule has 0 aliphatic carbocycles. The molecule has 2 heterocycles. The van der Waals surface area contributed by atoms with Gasteiger partial charge < -0.3 is 0 Å². The highest BCUT2D eigenvalue weighted by Crippen LogP contribution is 2.27. The summed E-state index contributed by atoms with van der Waals surface area (Å²) in [6.45, 7) is 0. The van der Waals surface area contributed by atoms with E-state index in [4.69, 9.17) is 0 Å². The lowest BCUT2D eigenvalue weighted by molar-refractivity contribution is 0.111. The summed E-state index contributed by atoms with van der Waals surface area (Å²) >= 11 is 2.04. The molecule has 1 aliphatic rings. The molecule has 4 heteroatoms. The van der Waals surface area contributed by atoms with Gasteiger partial charge >= 0.3 is 0 Å². The lowest BCUT2D eigenvalue weighted by Gasteiger charge is -2.19. The third-order valence-corrected chi connectivity index (χ3v) is 4.20. The molecule has 15 heavy (non-hydrogen) atoms. The number of rotatable bonds is 3. The number of hydrogen-bond acceptors (Lipinski definition) is 3. The number of carbonyl (C=O) groups is 1. The number of aldehydes is 1. The molecule has 0 saturated carbocycles. The van der Waals surface area contributed by atoms with E-state index in [1.54, 1.807) is 4.68 Å². The molecule has 0 radical (unpaired) electrons. The van der Waals surface area contributed by atoms with Crippen LogP contribution in [0.15, 0.2) is 6.07 Å². The van der Waals surface area contributed by atoms with Crippen molar-refractivity contribution in [2.45, 2.75) is 30.9 Å². The van der Waals surface area contributed by atoms with Crippen molar-refractivity contribution in [3.05, 3.63) is 17.5 Å². The van der Waals surface area contributed by atoms with Crippen molar-refractivity contribution in [3.8, 4) is 0 Å². The topological polar surface area (TPSA) is 34.9 Å². The number of thioether (sulfide) groups is 1. The minimum Gasteiger partial charge on any atom is -0.296 e. The minimum absolute atomic E-state index is 0.672. The maximum atomic E-state index is 10.7. The molecule has 1 saturated heterocycles. The smallest absolute Gasteiger partial charge is 0.168 e. The van der Waals surface area contributed by atoms with E-state index in [0.717, 1.165) is 18.4 Å². The second-order valence-corrected chi connectivity index (χ2v) is 5.40. The predicted molar refractivity (Wildman–Crippen MR) is 62.4 cm³/mol. The van der Waals surface area contributed by atoms with Crippen LogP contribution < -0.4 is 0 Å². The third-order valence-electron chi connectivity index (χ3n) is 2.80. The highest BCUT2D eigenvalue weighted by atomic mass is 32.2. The van der Waals surface area contributed by atoms with Crippen LogP contribution in [0.4, 0.5) is 0 Å². The van der Waals surface area contributed by atoms with Gasteiger partial charge in [0, 0.05) is 18.7 Å². The van der Waals surface area contributed by atoms with Gasteiger partial charge in [0.25, 0.3) is 0 Å². The van der Waals surface area contributed by atoms with Crippen molar-refractivity contribution in [2.75, 3.05) is 5.75 Å². The fourth-order valence-electron chi connectivity index (χ4n) is 1.96. The van der Waals surface area contributed by atoms with Gasteiger partial charge in [-0.3, -0.25) is 9.48 Å². The Kier molecular flexibility index (Phi) is 3.46. The van der Waals surface area contributed by atoms with E-state index in [9.17, 15) is 4.79 Å². The van der Waals surface area contributed by atoms with Crippen molar-refractivity contribution < 1.29 is 4.79 Å². The molecular formula is C11H16N2OS. The fourth-order valence-corrected chi connectivity index (χ4v) is 3.28. The first-order valence-electron chi connectivity index (χ1n) is 5.39. The van der Waals surface area contributed by atoms with Crippen LogP contribution >= 0.6 is 11.8 Å². The largest absolute Gasteiger partial charge is 0.296 e. The lowest BCUT2D eigenvalue weighted by atomic mass is 10.1. The molecule has 3 nitrogen and oxygen atoms in total. The van der Waals surface area contributed by atoms with Crippen LogP contribution in [0.5, 0.6) is 0 Å². The van der Waals surface area contributed by atoms with Gasteiger partial charge in [0.2, 0.25) is 0 Å². The summed E-state index contributed by atoms with van der Waals surface area (Å²) in [5.41, 5.74) is 1.73. The molecule has 0 bridgehead atoms. The van der Waals surface area contributed by atoms with Crippen molar-refractivity contribution in [3.63, 3.8) is 0 Å². The first-order valence-corrected chi connectivity index (χ1v) is 6.44. The molecule has 1 aromatic heterocycles. The monoisotopic (exact) mass is 224 g/mol. The average Bonchev–Trinajstić information content (AvgIpc) is 2.60. The summed E-state index contributed by atoms with van der Waals surface area (Å²) in [4.78, 5) is 10.7. The summed E-state index contributed by atoms with van der Waals surface area (Å²) in [6.07, 6.45) is 5.85. The Hall–Kier alpha value is -0.770. The molecule has 1 unspecified atom stereocenters. The quantitative estimate of drug-likeness (QED) is 0.737. The van der Waals surface area contributed by atoms with Gasteiger partial charge in [-0.1, -0.05) is 6.42 Å². The number of nitrogens with zero attached hydrogens (tertiary/aromatic N) is 2. The van der Waals surface area contributed by atoms with E-state index in [2.05, 4.69) is 5.10 Å². The number of aryl methyl sites for hydroxylation is 1. The van der Waals surface area contributed by atoms with Gasteiger partial charge in [-0.25, -0.2) is 0 Å². The first kappa shape index (κ1) is 10.7. The third kappa shape index (κ3) is 2.62. The van der Waals surface area contributed by atoms with E-state index < -0.39 is 0 Å². The summed E-state index contributed by atoms with van der Waals surface area (Å²) in [7, 11) is 1.82. The van der Waals surface area contributed by atoms with Crippen LogP contribution in [0.2, 0.25) is 0 Å². The molecule has 0 N–H and O–H groups in total. The molecule has 0 amide bonds. The van der Waals surface area contributed by atoms with Gasteiger partial charge in [-0.2, -0.15) is 16.9 Å². The van der Waals surface area contributed by atoms with Crippen molar-refractivity contribution in [2.24, 2.45) is 7.05 Å². The second kappa shape index (κ2) is 4.84. The summed E-state index contributed by atoms with van der Waals surface area (Å²) in [5, 5.41) is 5.05. The molecule has 2 rings (SSSR count).